The summed E-state index contributed by atoms with van der Waals surface area (Å²) in [5.74, 6) is -1.21. The van der Waals surface area contributed by atoms with Gasteiger partial charge in [-0.2, -0.15) is 0 Å². The molecule has 10 nitrogen and oxygen atoms in total. The number of piperidine rings is 3. The fourth-order valence-electron chi connectivity index (χ4n) is 6.25. The summed E-state index contributed by atoms with van der Waals surface area (Å²) < 4.78 is 6.15. The zero-order valence-corrected chi connectivity index (χ0v) is 21.1. The lowest BCUT2D eigenvalue weighted by atomic mass is 9.94. The Bertz CT molecular complexity index is 1090. The van der Waals surface area contributed by atoms with Gasteiger partial charge in [-0.25, -0.2) is 0 Å². The number of amides is 4. The van der Waals surface area contributed by atoms with Crippen LogP contribution in [-0.4, -0.2) is 97.5 Å². The third-order valence-electron chi connectivity index (χ3n) is 8.58. The number of benzene rings is 1. The number of nitrogens with zero attached hydrogens (tertiary/aromatic N) is 3. The van der Waals surface area contributed by atoms with Crippen molar-refractivity contribution in [3.8, 4) is 0 Å². The Hall–Kier alpha value is -2.82. The minimum atomic E-state index is -0.934. The lowest BCUT2D eigenvalue weighted by molar-refractivity contribution is -0.136. The normalized spacial score (nSPS) is 26.4. The first-order chi connectivity index (χ1) is 18.0. The Morgan fingerprint density at radius 3 is 2.24 bits per heavy atom. The first kappa shape index (κ1) is 24.5. The predicted molar refractivity (Wildman–Crippen MR) is 135 cm³/mol. The van der Waals surface area contributed by atoms with E-state index in [9.17, 15) is 19.2 Å². The van der Waals surface area contributed by atoms with Gasteiger partial charge < -0.3 is 19.9 Å². The Balaban J connectivity index is 1.02. The van der Waals surface area contributed by atoms with Crippen molar-refractivity contribution in [2.75, 3.05) is 50.7 Å². The highest BCUT2D eigenvalue weighted by atomic mass is 16.5. The van der Waals surface area contributed by atoms with E-state index < -0.39 is 23.8 Å². The molecule has 0 aliphatic carbocycles. The van der Waals surface area contributed by atoms with E-state index in [1.54, 1.807) is 12.1 Å². The average molecular weight is 510 g/mol. The quantitative estimate of drug-likeness (QED) is 0.541. The van der Waals surface area contributed by atoms with Gasteiger partial charge in [0.1, 0.15) is 6.04 Å². The molecule has 4 amide bonds. The highest BCUT2D eigenvalue weighted by Gasteiger charge is 2.44. The molecular weight excluding hydrogens is 474 g/mol. The van der Waals surface area contributed by atoms with Crippen LogP contribution in [0.15, 0.2) is 18.2 Å². The van der Waals surface area contributed by atoms with Crippen molar-refractivity contribution in [3.63, 3.8) is 0 Å². The van der Waals surface area contributed by atoms with E-state index in [1.807, 2.05) is 6.07 Å². The van der Waals surface area contributed by atoms with Crippen LogP contribution < -0.4 is 15.5 Å². The molecule has 5 aliphatic rings. The molecule has 0 radical (unpaired) electrons. The second-order valence-electron chi connectivity index (χ2n) is 11.0. The molecular formula is C27H35N5O5. The summed E-state index contributed by atoms with van der Waals surface area (Å²) in [5, 5.41) is 5.51. The van der Waals surface area contributed by atoms with Gasteiger partial charge in [-0.05, 0) is 56.2 Å². The molecule has 0 aromatic heterocycles. The van der Waals surface area contributed by atoms with Crippen molar-refractivity contribution in [2.24, 2.45) is 5.92 Å². The molecule has 6 rings (SSSR count). The Morgan fingerprint density at radius 2 is 1.57 bits per heavy atom. The van der Waals surface area contributed by atoms with Gasteiger partial charge in [0.25, 0.3) is 11.8 Å². The van der Waals surface area contributed by atoms with E-state index in [1.165, 1.54) is 0 Å². The van der Waals surface area contributed by atoms with E-state index in [0.29, 0.717) is 29.3 Å². The largest absolute Gasteiger partial charge is 0.372 e. The fourth-order valence-corrected chi connectivity index (χ4v) is 6.25. The number of anilines is 1. The standard InChI is InChI=1S/C27H35N5O5/c33-24-4-3-23(25(34)29-24)32-26(35)21-2-1-18(13-22(21)27(32)36)31-11-5-17(6-12-31)16-30-9-7-19(8-10-30)37-20-14-28-15-20/h1-2,13,17,19-20,23,28H,3-12,14-16H2,(H,29,33,34). The maximum atomic E-state index is 13.1. The Morgan fingerprint density at radius 1 is 0.838 bits per heavy atom. The zero-order chi connectivity index (χ0) is 25.5. The molecule has 2 N–H and O–H groups in total. The summed E-state index contributed by atoms with van der Waals surface area (Å²) in [6, 6.07) is 4.47. The summed E-state index contributed by atoms with van der Waals surface area (Å²) in [6.45, 7) is 7.15. The number of carbonyl (C=O) groups is 4. The molecule has 37 heavy (non-hydrogen) atoms. The Labute approximate surface area is 216 Å². The number of fused-ring (bicyclic) bond motifs is 1. The molecule has 1 aromatic rings. The Kier molecular flexibility index (Phi) is 6.73. The van der Waals surface area contributed by atoms with E-state index in [4.69, 9.17) is 4.74 Å². The SMILES string of the molecule is O=C1CCC(N2C(=O)c3ccc(N4CCC(CN5CCC(OC6CNC6)CC5)CC4)cc3C2=O)C(=O)N1. The lowest BCUT2D eigenvalue weighted by Gasteiger charge is -2.39. The second kappa shape index (κ2) is 10.2. The van der Waals surface area contributed by atoms with Gasteiger partial charge in [0.2, 0.25) is 11.8 Å². The summed E-state index contributed by atoms with van der Waals surface area (Å²) >= 11 is 0. The van der Waals surface area contributed by atoms with E-state index >= 15 is 0 Å². The summed E-state index contributed by atoms with van der Waals surface area (Å²) in [4.78, 5) is 55.8. The van der Waals surface area contributed by atoms with Crippen molar-refractivity contribution in [2.45, 2.75) is 56.8 Å². The molecule has 198 valence electrons. The van der Waals surface area contributed by atoms with Gasteiger partial charge >= 0.3 is 0 Å². The van der Waals surface area contributed by atoms with Crippen LogP contribution in [-0.2, 0) is 14.3 Å². The number of rotatable bonds is 6. The molecule has 1 unspecified atom stereocenters. The zero-order valence-electron chi connectivity index (χ0n) is 21.1. The van der Waals surface area contributed by atoms with Crippen LogP contribution in [0.1, 0.15) is 59.2 Å². The van der Waals surface area contributed by atoms with Crippen LogP contribution in [0.3, 0.4) is 0 Å². The van der Waals surface area contributed by atoms with Crippen molar-refractivity contribution in [1.82, 2.24) is 20.4 Å². The molecule has 5 heterocycles. The molecule has 4 saturated heterocycles. The summed E-state index contributed by atoms with van der Waals surface area (Å²) in [6.07, 6.45) is 5.53. The van der Waals surface area contributed by atoms with Crippen molar-refractivity contribution in [3.05, 3.63) is 29.3 Å². The van der Waals surface area contributed by atoms with Gasteiger partial charge in [0.15, 0.2) is 0 Å². The number of ether oxygens (including phenoxy) is 1. The van der Waals surface area contributed by atoms with Gasteiger partial charge in [-0.1, -0.05) is 0 Å². The summed E-state index contributed by atoms with van der Waals surface area (Å²) in [5.41, 5.74) is 1.61. The van der Waals surface area contributed by atoms with Crippen LogP contribution in [0.2, 0.25) is 0 Å². The van der Waals surface area contributed by atoms with E-state index in [0.717, 1.165) is 82.1 Å². The maximum Gasteiger partial charge on any atom is 0.262 e. The smallest absolute Gasteiger partial charge is 0.262 e. The minimum absolute atomic E-state index is 0.119. The van der Waals surface area contributed by atoms with E-state index in [-0.39, 0.29) is 18.7 Å². The van der Waals surface area contributed by atoms with Crippen LogP contribution in [0.25, 0.3) is 0 Å². The maximum absolute atomic E-state index is 13.1. The fraction of sp³-hybridized carbons (Fsp3) is 0.630. The lowest BCUT2D eigenvalue weighted by Crippen LogP contribution is -2.54. The van der Waals surface area contributed by atoms with Crippen molar-refractivity contribution >= 4 is 29.3 Å². The first-order valence-corrected chi connectivity index (χ1v) is 13.7. The van der Waals surface area contributed by atoms with Gasteiger partial charge in [0.05, 0.1) is 23.3 Å². The molecule has 4 fully saturated rings. The topological polar surface area (TPSA) is 111 Å². The van der Waals surface area contributed by atoms with Crippen molar-refractivity contribution < 1.29 is 23.9 Å². The minimum Gasteiger partial charge on any atom is -0.372 e. The third-order valence-corrected chi connectivity index (χ3v) is 8.58. The van der Waals surface area contributed by atoms with Gasteiger partial charge in [0, 0.05) is 57.9 Å². The number of likely N-dealkylation sites (tertiary alicyclic amines) is 1. The summed E-state index contributed by atoms with van der Waals surface area (Å²) in [7, 11) is 0. The van der Waals surface area contributed by atoms with Gasteiger partial charge in [-0.15, -0.1) is 0 Å². The van der Waals surface area contributed by atoms with E-state index in [2.05, 4.69) is 20.4 Å². The van der Waals surface area contributed by atoms with Gasteiger partial charge in [-0.3, -0.25) is 29.4 Å². The number of imide groups is 2. The number of hydrogen-bond acceptors (Lipinski definition) is 8. The number of carbonyl (C=O) groups excluding carboxylic acids is 4. The monoisotopic (exact) mass is 509 g/mol. The predicted octanol–water partition coefficient (Wildman–Crippen LogP) is 0.757. The molecule has 10 heteroatoms. The molecule has 0 bridgehead atoms. The van der Waals surface area contributed by atoms with Crippen LogP contribution >= 0.6 is 0 Å². The first-order valence-electron chi connectivity index (χ1n) is 13.7. The van der Waals surface area contributed by atoms with Crippen molar-refractivity contribution in [1.29, 1.82) is 0 Å². The third kappa shape index (κ3) is 4.89. The average Bonchev–Trinajstić information content (AvgIpc) is 3.12. The molecule has 0 saturated carbocycles. The van der Waals surface area contributed by atoms with Crippen LogP contribution in [0.5, 0.6) is 0 Å². The van der Waals surface area contributed by atoms with Crippen LogP contribution in [0, 0.1) is 5.92 Å². The highest BCUT2D eigenvalue weighted by molar-refractivity contribution is 6.23. The molecule has 1 aromatic carbocycles. The number of hydrogen-bond donors (Lipinski definition) is 2. The second-order valence-corrected chi connectivity index (χ2v) is 11.0. The van der Waals surface area contributed by atoms with Crippen LogP contribution in [0.4, 0.5) is 5.69 Å². The molecule has 0 spiro atoms. The highest BCUT2D eigenvalue weighted by Crippen LogP contribution is 2.32. The number of nitrogens with one attached hydrogen (secondary N) is 2. The molecule has 1 atom stereocenters. The molecule has 5 aliphatic heterocycles.